The Morgan fingerprint density at radius 3 is 2.63 bits per heavy atom. The highest BCUT2D eigenvalue weighted by Crippen LogP contribution is 2.48. The molecule has 3 N–H and O–H groups in total. The van der Waals surface area contributed by atoms with E-state index >= 15 is 0 Å². The summed E-state index contributed by atoms with van der Waals surface area (Å²) in [5.74, 6) is -1.08. The van der Waals surface area contributed by atoms with Gasteiger partial charge >= 0.3 is 0 Å². The number of rotatable bonds is 6. The van der Waals surface area contributed by atoms with E-state index in [2.05, 4.69) is 16.0 Å². The van der Waals surface area contributed by atoms with E-state index in [0.29, 0.717) is 17.7 Å². The van der Waals surface area contributed by atoms with Crippen LogP contribution in [0.3, 0.4) is 0 Å². The van der Waals surface area contributed by atoms with Crippen LogP contribution in [-0.4, -0.2) is 54.2 Å². The number of hydrogen-bond donors (Lipinski definition) is 3. The van der Waals surface area contributed by atoms with Crippen LogP contribution in [0.4, 0.5) is 0 Å². The van der Waals surface area contributed by atoms with Gasteiger partial charge in [0, 0.05) is 26.1 Å². The molecule has 2 unspecified atom stereocenters. The second-order valence-electron chi connectivity index (χ2n) is 8.95. The molecule has 0 spiro atoms. The van der Waals surface area contributed by atoms with Crippen LogP contribution >= 0.6 is 0 Å². The summed E-state index contributed by atoms with van der Waals surface area (Å²) < 4.78 is 0. The van der Waals surface area contributed by atoms with Crippen molar-refractivity contribution in [2.75, 3.05) is 19.6 Å². The van der Waals surface area contributed by atoms with Crippen LogP contribution in [0, 0.1) is 11.3 Å². The average Bonchev–Trinajstić information content (AvgIpc) is 3.43. The van der Waals surface area contributed by atoms with Crippen LogP contribution in [0.1, 0.15) is 58.4 Å². The molecule has 8 nitrogen and oxygen atoms in total. The van der Waals surface area contributed by atoms with Crippen LogP contribution in [0.25, 0.3) is 0 Å². The van der Waals surface area contributed by atoms with Crippen LogP contribution in [0.15, 0.2) is 18.2 Å². The molecule has 2 atom stereocenters. The number of hydrogen-bond acceptors (Lipinski definition) is 6. The first-order chi connectivity index (χ1) is 14.5. The lowest BCUT2D eigenvalue weighted by Gasteiger charge is -2.29. The normalized spacial score (nSPS) is 28.8. The van der Waals surface area contributed by atoms with Gasteiger partial charge in [0.2, 0.25) is 11.8 Å². The number of imide groups is 2. The summed E-state index contributed by atoms with van der Waals surface area (Å²) >= 11 is 0. The van der Waals surface area contributed by atoms with Crippen LogP contribution in [-0.2, 0) is 16.1 Å². The van der Waals surface area contributed by atoms with Crippen molar-refractivity contribution in [1.29, 1.82) is 0 Å². The Morgan fingerprint density at radius 2 is 1.93 bits per heavy atom. The third kappa shape index (κ3) is 3.15. The Labute approximate surface area is 174 Å². The van der Waals surface area contributed by atoms with Crippen molar-refractivity contribution in [1.82, 2.24) is 20.9 Å². The Balaban J connectivity index is 1.33. The second kappa shape index (κ2) is 7.28. The van der Waals surface area contributed by atoms with Gasteiger partial charge < -0.3 is 10.6 Å². The molecule has 3 fully saturated rings. The third-order valence-electron chi connectivity index (χ3n) is 7.07. The van der Waals surface area contributed by atoms with Crippen molar-refractivity contribution < 1.29 is 19.2 Å². The lowest BCUT2D eigenvalue weighted by atomic mass is 9.81. The van der Waals surface area contributed by atoms with Gasteiger partial charge in [0.25, 0.3) is 11.8 Å². The molecule has 4 aliphatic rings. The van der Waals surface area contributed by atoms with Crippen molar-refractivity contribution in [2.45, 2.75) is 44.7 Å². The molecule has 5 rings (SSSR count). The summed E-state index contributed by atoms with van der Waals surface area (Å²) in [6.07, 6.45) is 4.03. The maximum absolute atomic E-state index is 13.2. The van der Waals surface area contributed by atoms with E-state index < -0.39 is 23.8 Å². The number of carbonyl (C=O) groups excluding carboxylic acids is 4. The van der Waals surface area contributed by atoms with Crippen molar-refractivity contribution in [3.63, 3.8) is 0 Å². The maximum Gasteiger partial charge on any atom is 0.262 e. The van der Waals surface area contributed by atoms with Crippen molar-refractivity contribution in [3.05, 3.63) is 34.9 Å². The molecule has 8 heteroatoms. The smallest absolute Gasteiger partial charge is 0.262 e. The number of amides is 4. The Bertz CT molecular complexity index is 933. The van der Waals surface area contributed by atoms with Crippen LogP contribution < -0.4 is 16.0 Å². The Morgan fingerprint density at radius 1 is 1.10 bits per heavy atom. The Kier molecular flexibility index (Phi) is 4.71. The van der Waals surface area contributed by atoms with Crippen molar-refractivity contribution in [2.24, 2.45) is 11.3 Å². The fraction of sp³-hybridized carbons (Fsp3) is 0.545. The second-order valence-corrected chi connectivity index (χ2v) is 8.95. The maximum atomic E-state index is 13.2. The highest BCUT2D eigenvalue weighted by molar-refractivity contribution is 6.24. The van der Waals surface area contributed by atoms with Gasteiger partial charge in [-0.25, -0.2) is 0 Å². The van der Waals surface area contributed by atoms with Crippen LogP contribution in [0.2, 0.25) is 0 Å². The SMILES string of the molecule is O=C1CCC(N2C(=O)c3cccc(CNCC4(C5CC5)CCNC4)c3C2=O)C(=O)N1. The molecule has 1 aromatic rings. The minimum atomic E-state index is -0.932. The molecule has 0 aromatic heterocycles. The third-order valence-corrected chi connectivity index (χ3v) is 7.07. The zero-order chi connectivity index (χ0) is 20.9. The number of nitrogens with zero attached hydrogens (tertiary/aromatic N) is 1. The fourth-order valence-corrected chi connectivity index (χ4v) is 5.28. The highest BCUT2D eigenvalue weighted by Gasteiger charge is 2.47. The quantitative estimate of drug-likeness (QED) is 0.592. The molecule has 1 aliphatic carbocycles. The molecule has 3 aliphatic heterocycles. The van der Waals surface area contributed by atoms with Gasteiger partial charge in [-0.1, -0.05) is 12.1 Å². The van der Waals surface area contributed by atoms with Crippen LogP contribution in [0.5, 0.6) is 0 Å². The molecule has 30 heavy (non-hydrogen) atoms. The van der Waals surface area contributed by atoms with E-state index in [1.807, 2.05) is 6.07 Å². The zero-order valence-corrected chi connectivity index (χ0v) is 16.8. The predicted molar refractivity (Wildman–Crippen MR) is 107 cm³/mol. The van der Waals surface area contributed by atoms with Gasteiger partial charge in [0.1, 0.15) is 6.04 Å². The molecular formula is C22H26N4O4. The van der Waals surface area contributed by atoms with Gasteiger partial charge in [-0.2, -0.15) is 0 Å². The van der Waals surface area contributed by atoms with Gasteiger partial charge in [-0.3, -0.25) is 29.4 Å². The van der Waals surface area contributed by atoms with Crippen molar-refractivity contribution >= 4 is 23.6 Å². The first-order valence-corrected chi connectivity index (χ1v) is 10.8. The van der Waals surface area contributed by atoms with Crippen molar-refractivity contribution in [3.8, 4) is 0 Å². The average molecular weight is 410 g/mol. The monoisotopic (exact) mass is 410 g/mol. The molecule has 1 aromatic carbocycles. The molecular weight excluding hydrogens is 384 g/mol. The molecule has 0 bridgehead atoms. The summed E-state index contributed by atoms with van der Waals surface area (Å²) in [5, 5.41) is 9.25. The number of piperidine rings is 1. The summed E-state index contributed by atoms with van der Waals surface area (Å²) in [4.78, 5) is 50.8. The van der Waals surface area contributed by atoms with E-state index in [4.69, 9.17) is 0 Å². The van der Waals surface area contributed by atoms with E-state index in [0.717, 1.165) is 42.4 Å². The summed E-state index contributed by atoms with van der Waals surface area (Å²) in [7, 11) is 0. The molecule has 1 saturated carbocycles. The molecule has 0 radical (unpaired) electrons. The fourth-order valence-electron chi connectivity index (χ4n) is 5.28. The van der Waals surface area contributed by atoms with Gasteiger partial charge in [0.05, 0.1) is 11.1 Å². The van der Waals surface area contributed by atoms with E-state index in [1.54, 1.807) is 12.1 Å². The van der Waals surface area contributed by atoms with Gasteiger partial charge in [-0.05, 0) is 55.2 Å². The Hall–Kier alpha value is -2.58. The number of fused-ring (bicyclic) bond motifs is 1. The molecule has 2 saturated heterocycles. The summed E-state index contributed by atoms with van der Waals surface area (Å²) in [5.41, 5.74) is 1.78. The lowest BCUT2D eigenvalue weighted by Crippen LogP contribution is -2.54. The van der Waals surface area contributed by atoms with E-state index in [-0.39, 0.29) is 24.2 Å². The van der Waals surface area contributed by atoms with Gasteiger partial charge in [0.15, 0.2) is 0 Å². The summed E-state index contributed by atoms with van der Waals surface area (Å²) in [6.45, 7) is 3.46. The van der Waals surface area contributed by atoms with E-state index in [9.17, 15) is 19.2 Å². The highest BCUT2D eigenvalue weighted by atomic mass is 16.2. The predicted octanol–water partition coefficient (Wildman–Crippen LogP) is 0.567. The number of nitrogens with one attached hydrogen (secondary N) is 3. The number of carbonyl (C=O) groups is 4. The minimum absolute atomic E-state index is 0.121. The minimum Gasteiger partial charge on any atom is -0.316 e. The summed E-state index contributed by atoms with van der Waals surface area (Å²) in [6, 6.07) is 4.35. The molecule has 4 amide bonds. The lowest BCUT2D eigenvalue weighted by molar-refractivity contribution is -0.136. The number of benzene rings is 1. The zero-order valence-electron chi connectivity index (χ0n) is 16.8. The molecule has 3 heterocycles. The standard InChI is InChI=1S/C22H26N4O4/c27-17-7-6-16(19(28)25-17)26-20(29)15-3-1-2-13(18(15)21(26)30)10-24-12-22(14-4-5-14)8-9-23-11-22/h1-3,14,16,23-24H,4-12H2,(H,25,27,28). The van der Waals surface area contributed by atoms with E-state index in [1.165, 1.54) is 12.8 Å². The topological polar surface area (TPSA) is 108 Å². The first-order valence-electron chi connectivity index (χ1n) is 10.8. The van der Waals surface area contributed by atoms with Gasteiger partial charge in [-0.15, -0.1) is 0 Å². The largest absolute Gasteiger partial charge is 0.316 e. The molecule has 158 valence electrons. The first kappa shape index (κ1) is 19.4.